The minimum atomic E-state index is 0. The van der Waals surface area contributed by atoms with Crippen LogP contribution in [-0.2, 0) is 0 Å². The van der Waals surface area contributed by atoms with Gasteiger partial charge in [-0.15, -0.1) is 4.68 Å². The van der Waals surface area contributed by atoms with E-state index in [1.54, 1.807) is 13.0 Å². The topological polar surface area (TPSA) is 75.4 Å². The van der Waals surface area contributed by atoms with Crippen LogP contribution in [0, 0.1) is 0 Å². The number of nitrogens with two attached hydrogens (primary N) is 2. The predicted molar refractivity (Wildman–Crippen MR) is 75.3 cm³/mol. The first kappa shape index (κ1) is 16.5. The Bertz CT molecular complexity index is 595. The molecule has 0 radical (unpaired) electrons. The second kappa shape index (κ2) is 6.25. The lowest BCUT2D eigenvalue weighted by Crippen LogP contribution is -3.00. The summed E-state index contributed by atoms with van der Waals surface area (Å²) in [6.07, 6.45) is 2.02. The molecule has 0 aliphatic carbocycles. The number of Topliss-reactive ketones (excluding diaryl/α,β-unsaturated/α-hetero) is 1. The van der Waals surface area contributed by atoms with Gasteiger partial charge in [0.2, 0.25) is 0 Å². The fourth-order valence-electron chi connectivity index (χ4n) is 2.06. The molecule has 0 amide bonds. The van der Waals surface area contributed by atoms with Crippen LogP contribution in [0.15, 0.2) is 30.3 Å². The smallest absolute Gasteiger partial charge is 0.373 e. The Morgan fingerprint density at radius 3 is 2.65 bits per heavy atom. The molecule has 5 nitrogen and oxygen atoms in total. The van der Waals surface area contributed by atoms with Crippen LogP contribution in [0.2, 0.25) is 0 Å². The number of benzene rings is 1. The van der Waals surface area contributed by atoms with Gasteiger partial charge in [0, 0.05) is 11.1 Å². The zero-order valence-electron chi connectivity index (χ0n) is 11.8. The molecule has 1 aliphatic rings. The first-order chi connectivity index (χ1) is 8.91. The van der Waals surface area contributed by atoms with Crippen molar-refractivity contribution in [3.63, 3.8) is 0 Å². The first-order valence-corrected chi connectivity index (χ1v) is 6.15. The maximum atomic E-state index is 11.4. The van der Waals surface area contributed by atoms with Crippen molar-refractivity contribution >= 4 is 17.4 Å². The van der Waals surface area contributed by atoms with Gasteiger partial charge in [0.1, 0.15) is 5.70 Å². The van der Waals surface area contributed by atoms with Crippen LogP contribution >= 0.6 is 0 Å². The second-order valence-electron chi connectivity index (χ2n) is 4.77. The molecular formula is C14H19IN4O. The molecule has 0 spiro atoms. The number of hydrogen-bond donors (Lipinski definition) is 2. The van der Waals surface area contributed by atoms with E-state index >= 15 is 0 Å². The summed E-state index contributed by atoms with van der Waals surface area (Å²) in [6.45, 7) is 3.58. The lowest BCUT2D eigenvalue weighted by atomic mass is 10.0. The van der Waals surface area contributed by atoms with Crippen molar-refractivity contribution in [1.82, 2.24) is 4.90 Å². The Morgan fingerprint density at radius 1 is 1.40 bits per heavy atom. The molecule has 1 aromatic rings. The van der Waals surface area contributed by atoms with Gasteiger partial charge < -0.3 is 24.0 Å². The number of likely N-dealkylation sites (N-methyl/N-ethyl adjacent to an activating group) is 1. The number of carbonyl (C=O) groups excluding carboxylic acids is 1. The van der Waals surface area contributed by atoms with Crippen LogP contribution in [0.4, 0.5) is 0 Å². The molecule has 4 N–H and O–H groups in total. The number of rotatable bonds is 2. The number of ketones is 1. The molecule has 0 saturated carbocycles. The van der Waals surface area contributed by atoms with E-state index in [2.05, 4.69) is 0 Å². The molecule has 0 fully saturated rings. The minimum absolute atomic E-state index is 0. The highest BCUT2D eigenvalue weighted by molar-refractivity contribution is 5.94. The SMILES string of the molecule is CC(=O)c1cccc(C2=CC(C)N(C)C(N)=[N+]2N)c1.[I-]. The Balaban J connectivity index is 0.00000200. The average molecular weight is 386 g/mol. The number of hydrazone groups is 1. The number of halogens is 1. The Morgan fingerprint density at radius 2 is 2.05 bits per heavy atom. The van der Waals surface area contributed by atoms with Gasteiger partial charge >= 0.3 is 5.96 Å². The van der Waals surface area contributed by atoms with Gasteiger partial charge in [-0.2, -0.15) is 0 Å². The highest BCUT2D eigenvalue weighted by Gasteiger charge is 2.27. The third kappa shape index (κ3) is 2.95. The molecule has 0 bridgehead atoms. The van der Waals surface area contributed by atoms with Crippen LogP contribution < -0.4 is 35.6 Å². The number of hydrazine groups is 1. The van der Waals surface area contributed by atoms with E-state index in [1.165, 1.54) is 4.68 Å². The largest absolute Gasteiger partial charge is 1.00 e. The zero-order valence-corrected chi connectivity index (χ0v) is 14.0. The first-order valence-electron chi connectivity index (χ1n) is 6.15. The molecule has 1 unspecified atom stereocenters. The number of hydrogen-bond acceptors (Lipinski definition) is 4. The van der Waals surface area contributed by atoms with E-state index in [4.69, 9.17) is 11.6 Å². The van der Waals surface area contributed by atoms with Crippen LogP contribution in [-0.4, -0.2) is 34.4 Å². The lowest BCUT2D eigenvalue weighted by Gasteiger charge is -2.25. The summed E-state index contributed by atoms with van der Waals surface area (Å²) >= 11 is 0. The average Bonchev–Trinajstić information content (AvgIpc) is 2.40. The van der Waals surface area contributed by atoms with E-state index in [0.717, 1.165) is 11.3 Å². The third-order valence-electron chi connectivity index (χ3n) is 3.44. The summed E-state index contributed by atoms with van der Waals surface area (Å²) in [7, 11) is 1.89. The van der Waals surface area contributed by atoms with Crippen molar-refractivity contribution in [2.24, 2.45) is 11.6 Å². The molecular weight excluding hydrogens is 367 g/mol. The van der Waals surface area contributed by atoms with E-state index in [0.29, 0.717) is 11.5 Å². The van der Waals surface area contributed by atoms with Crippen molar-refractivity contribution in [2.45, 2.75) is 19.9 Å². The highest BCUT2D eigenvalue weighted by atomic mass is 127. The lowest BCUT2D eigenvalue weighted by molar-refractivity contribution is -0.453. The molecule has 1 heterocycles. The van der Waals surface area contributed by atoms with Crippen molar-refractivity contribution < 1.29 is 33.5 Å². The molecule has 0 aromatic heterocycles. The summed E-state index contributed by atoms with van der Waals surface area (Å²) in [4.78, 5) is 13.3. The molecule has 0 saturated heterocycles. The predicted octanol–water partition coefficient (Wildman–Crippen LogP) is -2.23. The standard InChI is InChI=1S/C14H18N4O.HI/c1-9-7-13(18(16)14(15)17(9)3)12-6-4-5-11(8-12)10(2)19;/h4-9,15H,16H2,1-3H3;1H. The van der Waals surface area contributed by atoms with E-state index < -0.39 is 0 Å². The fourth-order valence-corrected chi connectivity index (χ4v) is 2.06. The summed E-state index contributed by atoms with van der Waals surface area (Å²) in [5.74, 6) is 6.53. The summed E-state index contributed by atoms with van der Waals surface area (Å²) in [5.41, 5.74) is 8.34. The van der Waals surface area contributed by atoms with Crippen molar-refractivity contribution in [1.29, 1.82) is 0 Å². The number of guanidine groups is 1. The summed E-state index contributed by atoms with van der Waals surface area (Å²) in [6, 6.07) is 7.54. The van der Waals surface area contributed by atoms with Gasteiger partial charge in [-0.3, -0.25) is 21.3 Å². The molecule has 6 heteroatoms. The van der Waals surface area contributed by atoms with Crippen molar-refractivity contribution in [3.8, 4) is 0 Å². The Kier molecular flexibility index (Phi) is 5.15. The van der Waals surface area contributed by atoms with Gasteiger partial charge in [-0.1, -0.05) is 18.2 Å². The quantitative estimate of drug-likeness (QED) is 0.261. The summed E-state index contributed by atoms with van der Waals surface area (Å²) in [5, 5.41) is 0. The second-order valence-corrected chi connectivity index (χ2v) is 4.77. The van der Waals surface area contributed by atoms with Crippen molar-refractivity contribution in [3.05, 3.63) is 41.5 Å². The highest BCUT2D eigenvalue weighted by Crippen LogP contribution is 2.20. The third-order valence-corrected chi connectivity index (χ3v) is 3.44. The van der Waals surface area contributed by atoms with Gasteiger partial charge in [-0.05, 0) is 26.0 Å². The normalized spacial score (nSPS) is 18.4. The maximum absolute atomic E-state index is 11.4. The van der Waals surface area contributed by atoms with Crippen LogP contribution in [0.3, 0.4) is 0 Å². The summed E-state index contributed by atoms with van der Waals surface area (Å²) < 4.78 is 1.44. The molecule has 1 aromatic carbocycles. The maximum Gasteiger partial charge on any atom is 0.373 e. The molecule has 1 aliphatic heterocycles. The van der Waals surface area contributed by atoms with Gasteiger partial charge in [0.25, 0.3) is 0 Å². The Hall–Kier alpha value is -1.57. The minimum Gasteiger partial charge on any atom is -1.00 e. The van der Waals surface area contributed by atoms with E-state index in [-0.39, 0.29) is 35.8 Å². The van der Waals surface area contributed by atoms with Gasteiger partial charge in [0.05, 0.1) is 13.1 Å². The number of carbonyl (C=O) groups is 1. The molecule has 108 valence electrons. The van der Waals surface area contributed by atoms with Gasteiger partial charge in [0.15, 0.2) is 5.78 Å². The molecule has 20 heavy (non-hydrogen) atoms. The number of nitrogens with zero attached hydrogens (tertiary/aromatic N) is 2. The zero-order chi connectivity index (χ0) is 14.2. The molecule has 2 rings (SSSR count). The molecule has 1 atom stereocenters. The van der Waals surface area contributed by atoms with Crippen LogP contribution in [0.1, 0.15) is 29.8 Å². The van der Waals surface area contributed by atoms with Gasteiger partial charge in [-0.25, -0.2) is 0 Å². The van der Waals surface area contributed by atoms with Crippen LogP contribution in [0.25, 0.3) is 5.70 Å². The fraction of sp³-hybridized carbons (Fsp3) is 0.286. The van der Waals surface area contributed by atoms with E-state index in [9.17, 15) is 4.79 Å². The van der Waals surface area contributed by atoms with Crippen molar-refractivity contribution in [2.75, 3.05) is 7.05 Å². The Labute approximate surface area is 135 Å². The van der Waals surface area contributed by atoms with E-state index in [1.807, 2.05) is 43.1 Å². The monoisotopic (exact) mass is 386 g/mol. The van der Waals surface area contributed by atoms with Crippen LogP contribution in [0.5, 0.6) is 0 Å².